The molecule has 0 aromatic carbocycles. The first-order chi connectivity index (χ1) is 7.13. The van der Waals surface area contributed by atoms with Gasteiger partial charge in [0.2, 0.25) is 0 Å². The molecule has 3 heteroatoms. The summed E-state index contributed by atoms with van der Waals surface area (Å²) in [5.41, 5.74) is 9.74. The minimum absolute atomic E-state index is 0.648. The van der Waals surface area contributed by atoms with Gasteiger partial charge in [-0.05, 0) is 45.5 Å². The van der Waals surface area contributed by atoms with Gasteiger partial charge in [0.25, 0.3) is 0 Å². The van der Waals surface area contributed by atoms with Crippen LogP contribution >= 0.6 is 0 Å². The van der Waals surface area contributed by atoms with Crippen molar-refractivity contribution in [2.45, 2.75) is 32.9 Å². The van der Waals surface area contributed by atoms with Crippen molar-refractivity contribution in [1.82, 2.24) is 9.47 Å². The van der Waals surface area contributed by atoms with E-state index in [0.717, 1.165) is 0 Å². The van der Waals surface area contributed by atoms with Crippen LogP contribution in [0.15, 0.2) is 6.07 Å². The highest BCUT2D eigenvalue weighted by Gasteiger charge is 2.23. The molecule has 1 fully saturated rings. The molecule has 1 saturated heterocycles. The molecule has 0 aliphatic carbocycles. The molecule has 3 nitrogen and oxygen atoms in total. The molecule has 84 valence electrons. The van der Waals surface area contributed by atoms with E-state index < -0.39 is 0 Å². The molecule has 1 aliphatic heterocycles. The van der Waals surface area contributed by atoms with E-state index >= 15 is 0 Å². The molecule has 1 unspecified atom stereocenters. The van der Waals surface area contributed by atoms with Crippen LogP contribution in [0.2, 0.25) is 0 Å². The highest BCUT2D eigenvalue weighted by atomic mass is 15.2. The molecule has 1 aromatic heterocycles. The summed E-state index contributed by atoms with van der Waals surface area (Å²) in [7, 11) is 2.19. The fourth-order valence-corrected chi connectivity index (χ4v) is 2.74. The summed E-state index contributed by atoms with van der Waals surface area (Å²) >= 11 is 0. The van der Waals surface area contributed by atoms with Gasteiger partial charge < -0.3 is 15.2 Å². The summed E-state index contributed by atoms with van der Waals surface area (Å²) in [6, 6.07) is 2.88. The highest BCUT2D eigenvalue weighted by Crippen LogP contribution is 2.26. The lowest BCUT2D eigenvalue weighted by Gasteiger charge is -2.17. The van der Waals surface area contributed by atoms with E-state index in [1.165, 1.54) is 36.5 Å². The van der Waals surface area contributed by atoms with Gasteiger partial charge >= 0.3 is 0 Å². The van der Waals surface area contributed by atoms with Gasteiger partial charge in [0.15, 0.2) is 0 Å². The van der Waals surface area contributed by atoms with Gasteiger partial charge in [0, 0.05) is 30.5 Å². The van der Waals surface area contributed by atoms with Gasteiger partial charge in [0.05, 0.1) is 0 Å². The number of nitrogens with zero attached hydrogens (tertiary/aromatic N) is 2. The van der Waals surface area contributed by atoms with Crippen LogP contribution < -0.4 is 5.73 Å². The fourth-order valence-electron chi connectivity index (χ4n) is 2.74. The van der Waals surface area contributed by atoms with Gasteiger partial charge in [-0.25, -0.2) is 0 Å². The molecule has 0 saturated carbocycles. The first-order valence-corrected chi connectivity index (χ1v) is 5.69. The first-order valence-electron chi connectivity index (χ1n) is 5.69. The summed E-state index contributed by atoms with van der Waals surface area (Å²) in [4.78, 5) is 2.39. The predicted molar refractivity (Wildman–Crippen MR) is 62.9 cm³/mol. The maximum absolute atomic E-state index is 5.74. The van der Waals surface area contributed by atoms with E-state index in [2.05, 4.69) is 36.4 Å². The Morgan fingerprint density at radius 3 is 2.67 bits per heavy atom. The molecule has 0 spiro atoms. The molecule has 2 N–H and O–H groups in total. The number of likely N-dealkylation sites (N-methyl/N-ethyl adjacent to an activating group) is 1. The lowest BCUT2D eigenvalue weighted by Crippen LogP contribution is -2.18. The maximum Gasteiger partial charge on any atom is 0.0475 e. The molecular formula is C12H21N3. The number of aromatic nitrogens is 1. The molecule has 0 bridgehead atoms. The number of aryl methyl sites for hydroxylation is 1. The van der Waals surface area contributed by atoms with Crippen LogP contribution in [0.4, 0.5) is 0 Å². The lowest BCUT2D eigenvalue weighted by atomic mass is 10.2. The summed E-state index contributed by atoms with van der Waals surface area (Å²) in [5, 5.41) is 0. The second-order valence-electron chi connectivity index (χ2n) is 4.68. The number of hydrogen-bond donors (Lipinski definition) is 1. The van der Waals surface area contributed by atoms with Gasteiger partial charge in [-0.15, -0.1) is 0 Å². The third-order valence-electron chi connectivity index (χ3n) is 3.54. The monoisotopic (exact) mass is 207 g/mol. The zero-order valence-electron chi connectivity index (χ0n) is 9.95. The van der Waals surface area contributed by atoms with Crippen molar-refractivity contribution >= 4 is 0 Å². The smallest absolute Gasteiger partial charge is 0.0475 e. The van der Waals surface area contributed by atoms with Crippen LogP contribution in [-0.2, 0) is 6.54 Å². The standard InChI is InChI=1S/C12H21N3/c1-9-6-11(7-13)10(2)15(9)12-4-5-14(3)8-12/h6,12H,4-5,7-8,13H2,1-3H3. The van der Waals surface area contributed by atoms with E-state index in [0.29, 0.717) is 12.6 Å². The Bertz CT molecular complexity index is 354. The van der Waals surface area contributed by atoms with Crippen molar-refractivity contribution in [3.05, 3.63) is 23.0 Å². The van der Waals surface area contributed by atoms with Crippen LogP contribution in [-0.4, -0.2) is 29.6 Å². The van der Waals surface area contributed by atoms with E-state index in [1.807, 2.05) is 0 Å². The van der Waals surface area contributed by atoms with Crippen molar-refractivity contribution in [1.29, 1.82) is 0 Å². The van der Waals surface area contributed by atoms with E-state index in [-0.39, 0.29) is 0 Å². The predicted octanol–water partition coefficient (Wildman–Crippen LogP) is 1.44. The molecule has 1 aromatic rings. The number of rotatable bonds is 2. The lowest BCUT2D eigenvalue weighted by molar-refractivity contribution is 0.389. The summed E-state index contributed by atoms with van der Waals surface area (Å²) in [6.45, 7) is 7.40. The fraction of sp³-hybridized carbons (Fsp3) is 0.667. The SMILES string of the molecule is Cc1cc(CN)c(C)n1C1CCN(C)C1. The second-order valence-corrected chi connectivity index (χ2v) is 4.68. The van der Waals surface area contributed by atoms with Gasteiger partial charge in [-0.3, -0.25) is 0 Å². The molecule has 1 atom stereocenters. The second kappa shape index (κ2) is 3.99. The molecule has 0 radical (unpaired) electrons. The van der Waals surface area contributed by atoms with E-state index in [1.54, 1.807) is 0 Å². The Morgan fingerprint density at radius 2 is 2.20 bits per heavy atom. The quantitative estimate of drug-likeness (QED) is 0.796. The maximum atomic E-state index is 5.74. The van der Waals surface area contributed by atoms with Crippen LogP contribution in [0.1, 0.15) is 29.4 Å². The van der Waals surface area contributed by atoms with Crippen molar-refractivity contribution in [3.63, 3.8) is 0 Å². The Morgan fingerprint density at radius 1 is 1.47 bits per heavy atom. The molecule has 1 aliphatic rings. The van der Waals surface area contributed by atoms with E-state index in [9.17, 15) is 0 Å². The third-order valence-corrected chi connectivity index (χ3v) is 3.54. The molecule has 2 rings (SSSR count). The zero-order chi connectivity index (χ0) is 11.0. The Balaban J connectivity index is 2.31. The average Bonchev–Trinajstić information content (AvgIpc) is 2.71. The Kier molecular flexibility index (Phi) is 2.85. The Labute approximate surface area is 91.9 Å². The number of nitrogens with two attached hydrogens (primary N) is 1. The van der Waals surface area contributed by atoms with Crippen LogP contribution in [0.3, 0.4) is 0 Å². The largest absolute Gasteiger partial charge is 0.345 e. The molecule has 2 heterocycles. The normalized spacial score (nSPS) is 22.5. The molecule has 0 amide bonds. The van der Waals surface area contributed by atoms with Crippen molar-refractivity contribution in [2.24, 2.45) is 5.73 Å². The van der Waals surface area contributed by atoms with Gasteiger partial charge in [-0.1, -0.05) is 0 Å². The average molecular weight is 207 g/mol. The third kappa shape index (κ3) is 1.82. The topological polar surface area (TPSA) is 34.2 Å². The molecular weight excluding hydrogens is 186 g/mol. The number of likely N-dealkylation sites (tertiary alicyclic amines) is 1. The zero-order valence-corrected chi connectivity index (χ0v) is 9.95. The van der Waals surface area contributed by atoms with Crippen LogP contribution in [0.5, 0.6) is 0 Å². The van der Waals surface area contributed by atoms with Gasteiger partial charge in [0.1, 0.15) is 0 Å². The summed E-state index contributed by atoms with van der Waals surface area (Å²) < 4.78 is 2.46. The molecule has 15 heavy (non-hydrogen) atoms. The van der Waals surface area contributed by atoms with Crippen molar-refractivity contribution in [2.75, 3.05) is 20.1 Å². The van der Waals surface area contributed by atoms with Crippen molar-refractivity contribution in [3.8, 4) is 0 Å². The number of hydrogen-bond acceptors (Lipinski definition) is 2. The van der Waals surface area contributed by atoms with Gasteiger partial charge in [-0.2, -0.15) is 0 Å². The summed E-state index contributed by atoms with van der Waals surface area (Å²) in [5.74, 6) is 0. The Hall–Kier alpha value is -0.800. The first kappa shape index (κ1) is 10.7. The minimum Gasteiger partial charge on any atom is -0.345 e. The summed E-state index contributed by atoms with van der Waals surface area (Å²) in [6.07, 6.45) is 1.26. The highest BCUT2D eigenvalue weighted by molar-refractivity contribution is 5.27. The van der Waals surface area contributed by atoms with Crippen molar-refractivity contribution < 1.29 is 0 Å². The van der Waals surface area contributed by atoms with E-state index in [4.69, 9.17) is 5.73 Å². The van der Waals surface area contributed by atoms with Crippen LogP contribution in [0, 0.1) is 13.8 Å². The van der Waals surface area contributed by atoms with Crippen LogP contribution in [0.25, 0.3) is 0 Å². The minimum atomic E-state index is 0.648.